The van der Waals surface area contributed by atoms with Gasteiger partial charge in [-0.3, -0.25) is 4.79 Å². The Kier molecular flexibility index (Phi) is 4.04. The van der Waals surface area contributed by atoms with E-state index in [2.05, 4.69) is 6.58 Å². The Bertz CT molecular complexity index is 339. The van der Waals surface area contributed by atoms with Crippen molar-refractivity contribution in [3.63, 3.8) is 0 Å². The molecule has 0 fully saturated rings. The van der Waals surface area contributed by atoms with Gasteiger partial charge in [-0.2, -0.15) is 0 Å². The van der Waals surface area contributed by atoms with Gasteiger partial charge in [0.25, 0.3) is 0 Å². The molecule has 0 aromatic carbocycles. The number of ether oxygens (including phenoxy) is 1. The van der Waals surface area contributed by atoms with Crippen LogP contribution < -0.4 is 0 Å². The van der Waals surface area contributed by atoms with Crippen LogP contribution in [0.2, 0.25) is 0 Å². The lowest BCUT2D eigenvalue weighted by Crippen LogP contribution is -2.09. The van der Waals surface area contributed by atoms with Gasteiger partial charge in [0.2, 0.25) is 0 Å². The molecule has 1 rings (SSSR count). The van der Waals surface area contributed by atoms with E-state index in [0.717, 1.165) is 15.3 Å². The third-order valence-electron chi connectivity index (χ3n) is 1.81. The van der Waals surface area contributed by atoms with E-state index in [9.17, 15) is 4.79 Å². The smallest absolute Gasteiger partial charge is 0.189 e. The minimum absolute atomic E-state index is 0.0497. The summed E-state index contributed by atoms with van der Waals surface area (Å²) in [7, 11) is 0. The summed E-state index contributed by atoms with van der Waals surface area (Å²) in [5.41, 5.74) is 0.788. The van der Waals surface area contributed by atoms with E-state index in [0.29, 0.717) is 6.61 Å². The molecule has 1 aromatic rings. The summed E-state index contributed by atoms with van der Waals surface area (Å²) >= 11 is 1.64. The first-order chi connectivity index (χ1) is 6.65. The molecule has 0 saturated heterocycles. The van der Waals surface area contributed by atoms with E-state index in [-0.39, 0.29) is 12.4 Å². The van der Waals surface area contributed by atoms with Crippen molar-refractivity contribution < 1.29 is 9.53 Å². The van der Waals surface area contributed by atoms with Gasteiger partial charge >= 0.3 is 0 Å². The van der Waals surface area contributed by atoms with Crippen LogP contribution >= 0.6 is 11.3 Å². The molecule has 1 heterocycles. The maximum absolute atomic E-state index is 11.6. The van der Waals surface area contributed by atoms with Crippen molar-refractivity contribution in [1.82, 2.24) is 0 Å². The van der Waals surface area contributed by atoms with Gasteiger partial charge in [-0.25, -0.2) is 0 Å². The number of hydrogen-bond donors (Lipinski definition) is 0. The molecule has 0 unspecified atom stereocenters. The molecule has 14 heavy (non-hydrogen) atoms. The quantitative estimate of drug-likeness (QED) is 0.424. The molecule has 0 spiro atoms. The number of rotatable bonds is 5. The van der Waals surface area contributed by atoms with Crippen molar-refractivity contribution in [3.05, 3.63) is 34.0 Å². The fourth-order valence-electron chi connectivity index (χ4n) is 1.22. The monoisotopic (exact) mass is 210 g/mol. The second-order valence-corrected chi connectivity index (χ2v) is 4.51. The van der Waals surface area contributed by atoms with E-state index in [1.165, 1.54) is 0 Å². The Morgan fingerprint density at radius 2 is 2.36 bits per heavy atom. The molecule has 0 atom stereocenters. The molecule has 0 bridgehead atoms. The number of carbonyl (C=O) groups excluding carboxylic acids is 1. The third kappa shape index (κ3) is 2.79. The van der Waals surface area contributed by atoms with E-state index >= 15 is 0 Å². The third-order valence-corrected chi connectivity index (χ3v) is 2.78. The van der Waals surface area contributed by atoms with Gasteiger partial charge in [-0.15, -0.1) is 17.9 Å². The zero-order valence-electron chi connectivity index (χ0n) is 8.50. The zero-order chi connectivity index (χ0) is 10.6. The molecule has 0 N–H and O–H groups in total. The Morgan fingerprint density at radius 3 is 2.86 bits per heavy atom. The molecule has 0 aliphatic heterocycles. The molecule has 76 valence electrons. The average Bonchev–Trinajstić information content (AvgIpc) is 2.45. The molecule has 0 aliphatic carbocycles. The van der Waals surface area contributed by atoms with Crippen LogP contribution in [0, 0.1) is 13.8 Å². The van der Waals surface area contributed by atoms with Crippen molar-refractivity contribution >= 4 is 17.1 Å². The van der Waals surface area contributed by atoms with Crippen LogP contribution in [0.3, 0.4) is 0 Å². The molecule has 2 nitrogen and oxygen atoms in total. The molecule has 0 radical (unpaired) electrons. The average molecular weight is 210 g/mol. The van der Waals surface area contributed by atoms with E-state index in [1.54, 1.807) is 17.4 Å². The molecule has 0 aliphatic rings. The Balaban J connectivity index is 2.60. The first-order valence-corrected chi connectivity index (χ1v) is 5.25. The normalized spacial score (nSPS) is 10.1. The predicted octanol–water partition coefficient (Wildman–Crippen LogP) is 2.75. The van der Waals surface area contributed by atoms with Gasteiger partial charge in [0.15, 0.2) is 5.78 Å². The highest BCUT2D eigenvalue weighted by Crippen LogP contribution is 2.20. The number of Topliss-reactive ketones (excluding diaryl/α,β-unsaturated/α-hetero) is 1. The minimum Gasteiger partial charge on any atom is -0.369 e. The topological polar surface area (TPSA) is 26.3 Å². The van der Waals surface area contributed by atoms with Crippen LogP contribution in [0.25, 0.3) is 0 Å². The van der Waals surface area contributed by atoms with E-state index in [1.807, 2.05) is 19.9 Å². The van der Waals surface area contributed by atoms with Gasteiger partial charge in [0.1, 0.15) is 6.61 Å². The minimum atomic E-state index is 0.0497. The number of hydrogen-bond acceptors (Lipinski definition) is 3. The Hall–Kier alpha value is -0.930. The predicted molar refractivity (Wildman–Crippen MR) is 59.1 cm³/mol. The number of ketones is 1. The first kappa shape index (κ1) is 11.1. The van der Waals surface area contributed by atoms with Gasteiger partial charge in [-0.05, 0) is 19.9 Å². The molecule has 1 aromatic heterocycles. The lowest BCUT2D eigenvalue weighted by Gasteiger charge is -1.99. The van der Waals surface area contributed by atoms with Crippen molar-refractivity contribution in [2.24, 2.45) is 0 Å². The maximum atomic E-state index is 11.6. The van der Waals surface area contributed by atoms with Gasteiger partial charge in [-0.1, -0.05) is 6.08 Å². The fraction of sp³-hybridized carbons (Fsp3) is 0.364. The highest BCUT2D eigenvalue weighted by molar-refractivity contribution is 7.12. The maximum Gasteiger partial charge on any atom is 0.189 e. The van der Waals surface area contributed by atoms with Crippen molar-refractivity contribution in [2.45, 2.75) is 13.8 Å². The molecule has 0 saturated carbocycles. The summed E-state index contributed by atoms with van der Waals surface area (Å²) in [5, 5.41) is 0. The van der Waals surface area contributed by atoms with Crippen LogP contribution in [0.15, 0.2) is 18.7 Å². The lowest BCUT2D eigenvalue weighted by atomic mass is 10.2. The zero-order valence-corrected chi connectivity index (χ0v) is 9.32. The van der Waals surface area contributed by atoms with Gasteiger partial charge < -0.3 is 4.74 Å². The summed E-state index contributed by atoms with van der Waals surface area (Å²) in [6.45, 7) is 8.04. The van der Waals surface area contributed by atoms with Crippen LogP contribution in [0.1, 0.15) is 20.1 Å². The van der Waals surface area contributed by atoms with Crippen molar-refractivity contribution in [1.29, 1.82) is 0 Å². The summed E-state index contributed by atoms with van der Waals surface area (Å²) in [4.78, 5) is 13.8. The first-order valence-electron chi connectivity index (χ1n) is 4.44. The number of aryl methyl sites for hydroxylation is 2. The van der Waals surface area contributed by atoms with Crippen molar-refractivity contribution in [3.8, 4) is 0 Å². The molecule has 0 amide bonds. The fourth-order valence-corrected chi connectivity index (χ4v) is 2.16. The van der Waals surface area contributed by atoms with E-state index in [4.69, 9.17) is 4.74 Å². The van der Waals surface area contributed by atoms with Crippen LogP contribution in [0.4, 0.5) is 0 Å². The van der Waals surface area contributed by atoms with Crippen LogP contribution in [-0.2, 0) is 4.74 Å². The molecule has 3 heteroatoms. The summed E-state index contributed by atoms with van der Waals surface area (Å²) in [6.07, 6.45) is 1.64. The highest BCUT2D eigenvalue weighted by atomic mass is 32.1. The summed E-state index contributed by atoms with van der Waals surface area (Å²) < 4.78 is 5.10. The van der Waals surface area contributed by atoms with Crippen LogP contribution in [-0.4, -0.2) is 19.0 Å². The SMILES string of the molecule is C=CCOCC(=O)c1cc(C)sc1C. The van der Waals surface area contributed by atoms with E-state index < -0.39 is 0 Å². The number of carbonyl (C=O) groups is 1. The number of thiophene rings is 1. The van der Waals surface area contributed by atoms with Gasteiger partial charge in [0, 0.05) is 15.3 Å². The summed E-state index contributed by atoms with van der Waals surface area (Å²) in [6, 6.07) is 1.92. The summed E-state index contributed by atoms with van der Waals surface area (Å²) in [5.74, 6) is 0.0497. The van der Waals surface area contributed by atoms with Crippen molar-refractivity contribution in [2.75, 3.05) is 13.2 Å². The largest absolute Gasteiger partial charge is 0.369 e. The highest BCUT2D eigenvalue weighted by Gasteiger charge is 2.11. The molecular formula is C11H14O2S. The van der Waals surface area contributed by atoms with Gasteiger partial charge in [0.05, 0.1) is 6.61 Å². The standard InChI is InChI=1S/C11H14O2S/c1-4-5-13-7-11(12)10-6-8(2)14-9(10)3/h4,6H,1,5,7H2,2-3H3. The molecular weight excluding hydrogens is 196 g/mol. The Labute approximate surface area is 88.2 Å². The second-order valence-electron chi connectivity index (χ2n) is 3.05. The lowest BCUT2D eigenvalue weighted by molar-refractivity contribution is 0.0806. The second kappa shape index (κ2) is 5.08. The Morgan fingerprint density at radius 1 is 1.64 bits per heavy atom. The van der Waals surface area contributed by atoms with Crippen LogP contribution in [0.5, 0.6) is 0 Å².